The maximum absolute atomic E-state index is 12.8. The van der Waals surface area contributed by atoms with Crippen molar-refractivity contribution in [2.45, 2.75) is 32.5 Å². The van der Waals surface area contributed by atoms with Gasteiger partial charge in [-0.1, -0.05) is 32.0 Å². The SMILES string of the molecule is CC(C)CCN1C(=O)C2(OCCCO2)c2ccccc21. The average Bonchev–Trinajstić information content (AvgIpc) is 2.68. The summed E-state index contributed by atoms with van der Waals surface area (Å²) < 4.78 is 11.6. The lowest BCUT2D eigenvalue weighted by Crippen LogP contribution is -2.47. The quantitative estimate of drug-likeness (QED) is 0.851. The predicted octanol–water partition coefficient (Wildman–Crippen LogP) is 2.67. The normalized spacial score (nSPS) is 20.8. The molecule has 1 aromatic rings. The molecule has 0 saturated carbocycles. The van der Waals surface area contributed by atoms with Crippen LogP contribution in [0.1, 0.15) is 32.3 Å². The van der Waals surface area contributed by atoms with Gasteiger partial charge in [-0.15, -0.1) is 0 Å². The highest BCUT2D eigenvalue weighted by Crippen LogP contribution is 2.45. The van der Waals surface area contributed by atoms with Crippen molar-refractivity contribution in [2.24, 2.45) is 5.92 Å². The van der Waals surface area contributed by atoms with Crippen LogP contribution in [0.2, 0.25) is 0 Å². The van der Waals surface area contributed by atoms with E-state index in [1.807, 2.05) is 29.2 Å². The molecular formula is C16H21NO3. The van der Waals surface area contributed by atoms with E-state index in [-0.39, 0.29) is 5.91 Å². The summed E-state index contributed by atoms with van der Waals surface area (Å²) in [4.78, 5) is 14.6. The highest BCUT2D eigenvalue weighted by atomic mass is 16.7. The lowest BCUT2D eigenvalue weighted by Gasteiger charge is -2.32. The van der Waals surface area contributed by atoms with Gasteiger partial charge in [-0.05, 0) is 24.8 Å². The Balaban J connectivity index is 1.96. The number of benzene rings is 1. The maximum atomic E-state index is 12.8. The third-order valence-electron chi connectivity index (χ3n) is 3.91. The fourth-order valence-electron chi connectivity index (χ4n) is 2.81. The Labute approximate surface area is 119 Å². The molecule has 0 bridgehead atoms. The number of rotatable bonds is 3. The number of para-hydroxylation sites is 1. The van der Waals surface area contributed by atoms with Crippen LogP contribution in [0.15, 0.2) is 24.3 Å². The lowest BCUT2D eigenvalue weighted by molar-refractivity contribution is -0.256. The minimum Gasteiger partial charge on any atom is -0.338 e. The monoisotopic (exact) mass is 275 g/mol. The van der Waals surface area contributed by atoms with Crippen molar-refractivity contribution in [2.75, 3.05) is 24.7 Å². The second-order valence-electron chi connectivity index (χ2n) is 5.82. The molecule has 0 N–H and O–H groups in total. The Morgan fingerprint density at radius 2 is 1.95 bits per heavy atom. The third kappa shape index (κ3) is 2.03. The maximum Gasteiger partial charge on any atom is 0.292 e. The van der Waals surface area contributed by atoms with Gasteiger partial charge in [0.2, 0.25) is 0 Å². The molecule has 2 aliphatic rings. The summed E-state index contributed by atoms with van der Waals surface area (Å²) >= 11 is 0. The van der Waals surface area contributed by atoms with Gasteiger partial charge in [0.1, 0.15) is 0 Å². The lowest BCUT2D eigenvalue weighted by atomic mass is 10.1. The van der Waals surface area contributed by atoms with Gasteiger partial charge in [-0.2, -0.15) is 0 Å². The van der Waals surface area contributed by atoms with Crippen LogP contribution >= 0.6 is 0 Å². The first-order valence-corrected chi connectivity index (χ1v) is 7.34. The van der Waals surface area contributed by atoms with Crippen LogP contribution in [-0.4, -0.2) is 25.7 Å². The van der Waals surface area contributed by atoms with Crippen molar-refractivity contribution in [1.29, 1.82) is 0 Å². The van der Waals surface area contributed by atoms with Gasteiger partial charge in [0.15, 0.2) is 0 Å². The van der Waals surface area contributed by atoms with Gasteiger partial charge >= 0.3 is 0 Å². The number of hydrogen-bond donors (Lipinski definition) is 0. The van der Waals surface area contributed by atoms with E-state index in [1.165, 1.54) is 0 Å². The molecule has 1 amide bonds. The second kappa shape index (κ2) is 5.19. The molecule has 4 heteroatoms. The number of carbonyl (C=O) groups excluding carboxylic acids is 1. The number of fused-ring (bicyclic) bond motifs is 2. The minimum atomic E-state index is -1.19. The summed E-state index contributed by atoms with van der Waals surface area (Å²) in [6, 6.07) is 7.80. The zero-order valence-electron chi connectivity index (χ0n) is 12.1. The Kier molecular flexibility index (Phi) is 3.52. The van der Waals surface area contributed by atoms with Crippen LogP contribution in [0.25, 0.3) is 0 Å². The van der Waals surface area contributed by atoms with Crippen LogP contribution in [0.4, 0.5) is 5.69 Å². The van der Waals surface area contributed by atoms with Gasteiger partial charge in [-0.25, -0.2) is 0 Å². The molecule has 3 rings (SSSR count). The van der Waals surface area contributed by atoms with Crippen molar-refractivity contribution in [3.8, 4) is 0 Å². The van der Waals surface area contributed by atoms with E-state index in [0.29, 0.717) is 25.7 Å². The smallest absolute Gasteiger partial charge is 0.292 e. The van der Waals surface area contributed by atoms with Crippen LogP contribution in [0.5, 0.6) is 0 Å². The number of anilines is 1. The zero-order valence-corrected chi connectivity index (χ0v) is 12.1. The van der Waals surface area contributed by atoms with Gasteiger partial charge < -0.3 is 14.4 Å². The molecule has 0 radical (unpaired) electrons. The Hall–Kier alpha value is -1.39. The second-order valence-corrected chi connectivity index (χ2v) is 5.82. The first-order chi connectivity index (χ1) is 9.65. The van der Waals surface area contributed by atoms with Crippen molar-refractivity contribution >= 4 is 11.6 Å². The molecule has 2 heterocycles. The first-order valence-electron chi connectivity index (χ1n) is 7.34. The van der Waals surface area contributed by atoms with E-state index in [4.69, 9.17) is 9.47 Å². The van der Waals surface area contributed by atoms with Crippen LogP contribution < -0.4 is 4.90 Å². The number of ether oxygens (including phenoxy) is 2. The van der Waals surface area contributed by atoms with Crippen molar-refractivity contribution in [3.05, 3.63) is 29.8 Å². The van der Waals surface area contributed by atoms with Crippen LogP contribution in [0, 0.1) is 5.92 Å². The molecule has 108 valence electrons. The minimum absolute atomic E-state index is 0.0703. The summed E-state index contributed by atoms with van der Waals surface area (Å²) in [7, 11) is 0. The highest BCUT2D eigenvalue weighted by Gasteiger charge is 2.54. The summed E-state index contributed by atoms with van der Waals surface area (Å²) in [5.41, 5.74) is 1.79. The summed E-state index contributed by atoms with van der Waals surface area (Å²) in [5.74, 6) is -0.704. The standard InChI is InChI=1S/C16H21NO3/c1-12(2)8-9-17-14-7-4-3-6-13(14)16(15(17)18)19-10-5-11-20-16/h3-4,6-7,12H,5,8-11H2,1-2H3. The number of hydrogen-bond acceptors (Lipinski definition) is 3. The molecular weight excluding hydrogens is 254 g/mol. The molecule has 4 nitrogen and oxygen atoms in total. The van der Waals surface area contributed by atoms with Gasteiger partial charge in [0, 0.05) is 12.1 Å². The largest absolute Gasteiger partial charge is 0.338 e. The molecule has 2 aliphatic heterocycles. The third-order valence-corrected chi connectivity index (χ3v) is 3.91. The molecule has 0 aliphatic carbocycles. The first kappa shape index (κ1) is 13.6. The van der Waals surface area contributed by atoms with Gasteiger partial charge in [-0.3, -0.25) is 4.79 Å². The topological polar surface area (TPSA) is 38.8 Å². The Morgan fingerprint density at radius 3 is 2.65 bits per heavy atom. The van der Waals surface area contributed by atoms with Gasteiger partial charge in [0.25, 0.3) is 11.7 Å². The molecule has 1 fully saturated rings. The van der Waals surface area contributed by atoms with Crippen LogP contribution in [0.3, 0.4) is 0 Å². The summed E-state index contributed by atoms with van der Waals surface area (Å²) in [6.45, 7) is 6.17. The molecule has 0 atom stereocenters. The van der Waals surface area contributed by atoms with E-state index in [1.54, 1.807) is 0 Å². The molecule has 0 aromatic heterocycles. The number of carbonyl (C=O) groups is 1. The molecule has 1 aromatic carbocycles. The summed E-state index contributed by atoms with van der Waals surface area (Å²) in [5, 5.41) is 0. The van der Waals surface area contributed by atoms with Crippen molar-refractivity contribution in [3.63, 3.8) is 0 Å². The van der Waals surface area contributed by atoms with Crippen molar-refractivity contribution < 1.29 is 14.3 Å². The fourth-order valence-corrected chi connectivity index (χ4v) is 2.81. The van der Waals surface area contributed by atoms with Crippen LogP contribution in [-0.2, 0) is 20.1 Å². The molecule has 0 unspecified atom stereocenters. The number of nitrogens with zero attached hydrogens (tertiary/aromatic N) is 1. The highest BCUT2D eigenvalue weighted by molar-refractivity contribution is 6.06. The van der Waals surface area contributed by atoms with E-state index < -0.39 is 5.79 Å². The predicted molar refractivity (Wildman–Crippen MR) is 76.4 cm³/mol. The Morgan fingerprint density at radius 1 is 1.25 bits per heavy atom. The summed E-state index contributed by atoms with van der Waals surface area (Å²) in [6.07, 6.45) is 1.80. The van der Waals surface area contributed by atoms with E-state index >= 15 is 0 Å². The zero-order chi connectivity index (χ0) is 14.2. The average molecular weight is 275 g/mol. The van der Waals surface area contributed by atoms with E-state index in [0.717, 1.165) is 24.1 Å². The van der Waals surface area contributed by atoms with Crippen molar-refractivity contribution in [1.82, 2.24) is 0 Å². The Bertz CT molecular complexity index is 506. The molecule has 1 saturated heterocycles. The fraction of sp³-hybridized carbons (Fsp3) is 0.562. The molecule has 1 spiro atoms. The van der Waals surface area contributed by atoms with Gasteiger partial charge in [0.05, 0.1) is 18.9 Å². The van der Waals surface area contributed by atoms with E-state index in [2.05, 4.69) is 13.8 Å². The molecule has 20 heavy (non-hydrogen) atoms. The number of amides is 1. The van der Waals surface area contributed by atoms with E-state index in [9.17, 15) is 4.79 Å².